The molecule has 0 radical (unpaired) electrons. The summed E-state index contributed by atoms with van der Waals surface area (Å²) in [4.78, 5) is 19.2. The highest BCUT2D eigenvalue weighted by Gasteiger charge is 2.52. The average Bonchev–Trinajstić information content (AvgIpc) is 2.81. The molecule has 2 heterocycles. The molecule has 27 heavy (non-hydrogen) atoms. The second-order valence-corrected chi connectivity index (χ2v) is 8.03. The van der Waals surface area contributed by atoms with Crippen molar-refractivity contribution >= 4 is 24.3 Å². The zero-order chi connectivity index (χ0) is 20.0. The Balaban J connectivity index is 2.22. The summed E-state index contributed by atoms with van der Waals surface area (Å²) in [7, 11) is -0.855. The third-order valence-corrected chi connectivity index (χ3v) is 5.56. The van der Waals surface area contributed by atoms with E-state index in [0.29, 0.717) is 16.2 Å². The van der Waals surface area contributed by atoms with Crippen LogP contribution in [0.5, 0.6) is 0 Å². The fraction of sp³-hybridized carbons (Fsp3) is 0.389. The van der Waals surface area contributed by atoms with E-state index in [1.165, 1.54) is 30.0 Å². The van der Waals surface area contributed by atoms with Gasteiger partial charge in [0.1, 0.15) is 17.4 Å². The zero-order valence-corrected chi connectivity index (χ0v) is 16.5. The number of rotatable bonds is 3. The molecule has 9 heteroatoms. The summed E-state index contributed by atoms with van der Waals surface area (Å²) in [5, 5.41) is 9.81. The Hall–Kier alpha value is -2.15. The van der Waals surface area contributed by atoms with Gasteiger partial charge in [0.2, 0.25) is 0 Å². The van der Waals surface area contributed by atoms with Crippen LogP contribution in [-0.2, 0) is 9.31 Å². The number of aromatic nitrogens is 2. The van der Waals surface area contributed by atoms with E-state index in [1.54, 1.807) is 6.26 Å². The van der Waals surface area contributed by atoms with Gasteiger partial charge in [-0.25, -0.2) is 9.37 Å². The van der Waals surface area contributed by atoms with Crippen LogP contribution in [0.2, 0.25) is 0 Å². The molecule has 1 aromatic heterocycles. The third-order valence-electron chi connectivity index (χ3n) is 4.98. The summed E-state index contributed by atoms with van der Waals surface area (Å²) in [6, 6.07) is 5.92. The normalized spacial score (nSPS) is 17.7. The minimum absolute atomic E-state index is 0.142. The van der Waals surface area contributed by atoms with Gasteiger partial charge >= 0.3 is 7.12 Å². The number of aromatic amines is 1. The van der Waals surface area contributed by atoms with E-state index in [9.17, 15) is 14.4 Å². The quantitative estimate of drug-likeness (QED) is 0.495. The molecule has 1 saturated heterocycles. The van der Waals surface area contributed by atoms with Gasteiger partial charge in [-0.2, -0.15) is 5.26 Å². The van der Waals surface area contributed by atoms with Gasteiger partial charge < -0.3 is 14.3 Å². The van der Waals surface area contributed by atoms with Crippen molar-refractivity contribution in [3.8, 4) is 17.3 Å². The Morgan fingerprint density at radius 2 is 1.89 bits per heavy atom. The summed E-state index contributed by atoms with van der Waals surface area (Å²) in [6.07, 6.45) is 1.76. The topological polar surface area (TPSA) is 88.0 Å². The number of benzene rings is 1. The van der Waals surface area contributed by atoms with E-state index in [2.05, 4.69) is 9.97 Å². The maximum Gasteiger partial charge on any atom is 0.495 e. The zero-order valence-electron chi connectivity index (χ0n) is 15.7. The largest absolute Gasteiger partial charge is 0.495 e. The molecule has 3 rings (SSSR count). The molecule has 0 amide bonds. The van der Waals surface area contributed by atoms with Gasteiger partial charge in [0.05, 0.1) is 16.9 Å². The molecule has 0 bridgehead atoms. The van der Waals surface area contributed by atoms with Gasteiger partial charge in [-0.05, 0) is 51.5 Å². The molecule has 0 saturated carbocycles. The molecule has 2 aromatic rings. The lowest BCUT2D eigenvalue weighted by atomic mass is 9.74. The summed E-state index contributed by atoms with van der Waals surface area (Å²) < 4.78 is 26.1. The first kappa shape index (κ1) is 19.6. The van der Waals surface area contributed by atoms with E-state index < -0.39 is 29.7 Å². The molecule has 1 fully saturated rings. The lowest BCUT2D eigenvalue weighted by Gasteiger charge is -2.32. The number of nitriles is 1. The number of hydrogen-bond donors (Lipinski definition) is 1. The molecule has 1 aromatic carbocycles. The van der Waals surface area contributed by atoms with E-state index >= 15 is 0 Å². The maximum atomic E-state index is 14.0. The van der Waals surface area contributed by atoms with Gasteiger partial charge in [-0.1, -0.05) is 17.8 Å². The highest BCUT2D eigenvalue weighted by atomic mass is 32.2. The fourth-order valence-electron chi connectivity index (χ4n) is 2.76. The Kier molecular flexibility index (Phi) is 4.93. The van der Waals surface area contributed by atoms with E-state index in [0.717, 1.165) is 0 Å². The first-order chi connectivity index (χ1) is 12.6. The SMILES string of the molecule is CSc1nc(-c2ccc(F)cc2B2OC(C)(C)C(C)(C)O2)c(C#N)c(=O)[nH]1. The van der Waals surface area contributed by atoms with Gasteiger partial charge in [0.25, 0.3) is 5.56 Å². The van der Waals surface area contributed by atoms with Crippen molar-refractivity contribution in [2.45, 2.75) is 44.1 Å². The predicted molar refractivity (Wildman–Crippen MR) is 102 cm³/mol. The predicted octanol–water partition coefficient (Wildman–Crippen LogP) is 2.47. The van der Waals surface area contributed by atoms with Gasteiger partial charge in [-0.3, -0.25) is 4.79 Å². The van der Waals surface area contributed by atoms with Gasteiger partial charge in [0.15, 0.2) is 5.16 Å². The first-order valence-corrected chi connectivity index (χ1v) is 9.56. The number of nitrogens with one attached hydrogen (secondary N) is 1. The van der Waals surface area contributed by atoms with Crippen molar-refractivity contribution in [3.63, 3.8) is 0 Å². The molecule has 6 nitrogen and oxygen atoms in total. The lowest BCUT2D eigenvalue weighted by molar-refractivity contribution is 0.00578. The van der Waals surface area contributed by atoms with Crippen molar-refractivity contribution in [2.75, 3.05) is 6.26 Å². The first-order valence-electron chi connectivity index (χ1n) is 8.33. The van der Waals surface area contributed by atoms with Gasteiger partial charge in [-0.15, -0.1) is 0 Å². The average molecular weight is 387 g/mol. The van der Waals surface area contributed by atoms with Crippen LogP contribution in [0.3, 0.4) is 0 Å². The molecule has 0 unspecified atom stereocenters. The molecule has 0 spiro atoms. The summed E-state index contributed by atoms with van der Waals surface area (Å²) in [5.41, 5.74) is -0.942. The molecule has 140 valence electrons. The third kappa shape index (κ3) is 3.40. The summed E-state index contributed by atoms with van der Waals surface area (Å²) >= 11 is 1.24. The van der Waals surface area contributed by atoms with Crippen LogP contribution in [0.1, 0.15) is 33.3 Å². The van der Waals surface area contributed by atoms with Gasteiger partial charge in [0, 0.05) is 5.56 Å². The van der Waals surface area contributed by atoms with Crippen LogP contribution in [0, 0.1) is 17.1 Å². The Morgan fingerprint density at radius 1 is 1.26 bits per heavy atom. The standard InChI is InChI=1S/C18H19BFN3O3S/c1-17(2)18(3,4)26-19(25-17)13-8-10(20)6-7-11(13)14-12(9-21)15(24)23-16(22-14)27-5/h6-8H,1-5H3,(H,22,23,24). The second kappa shape index (κ2) is 6.78. The molecule has 1 aliphatic heterocycles. The molecular weight excluding hydrogens is 368 g/mol. The molecular formula is C18H19BFN3O3S. The number of hydrogen-bond acceptors (Lipinski definition) is 6. The Morgan fingerprint density at radius 3 is 2.44 bits per heavy atom. The van der Waals surface area contributed by atoms with E-state index in [1.807, 2.05) is 33.8 Å². The number of H-pyrrole nitrogens is 1. The second-order valence-electron chi connectivity index (χ2n) is 7.23. The molecule has 0 aliphatic carbocycles. The Bertz CT molecular complexity index is 984. The minimum Gasteiger partial charge on any atom is -0.399 e. The van der Waals surface area contributed by atoms with E-state index in [4.69, 9.17) is 9.31 Å². The Labute approximate surface area is 161 Å². The minimum atomic E-state index is -0.855. The van der Waals surface area contributed by atoms with Crippen molar-refractivity contribution < 1.29 is 13.7 Å². The number of thioether (sulfide) groups is 1. The number of halogens is 1. The molecule has 0 atom stereocenters. The van der Waals surface area contributed by atoms with Crippen LogP contribution >= 0.6 is 11.8 Å². The van der Waals surface area contributed by atoms with Crippen molar-refractivity contribution in [1.82, 2.24) is 9.97 Å². The fourth-order valence-corrected chi connectivity index (χ4v) is 3.14. The number of nitrogens with zero attached hydrogens (tertiary/aromatic N) is 2. The van der Waals surface area contributed by atoms with Crippen LogP contribution in [0.4, 0.5) is 4.39 Å². The summed E-state index contributed by atoms with van der Waals surface area (Å²) in [6.45, 7) is 7.57. The van der Waals surface area contributed by atoms with E-state index in [-0.39, 0.29) is 11.3 Å². The van der Waals surface area contributed by atoms with Crippen LogP contribution in [0.15, 0.2) is 28.2 Å². The van der Waals surface area contributed by atoms with Crippen molar-refractivity contribution in [2.24, 2.45) is 0 Å². The monoisotopic (exact) mass is 387 g/mol. The van der Waals surface area contributed by atoms with Crippen molar-refractivity contribution in [1.29, 1.82) is 5.26 Å². The maximum absolute atomic E-state index is 14.0. The summed E-state index contributed by atoms with van der Waals surface area (Å²) in [5.74, 6) is -0.475. The van der Waals surface area contributed by atoms with Crippen molar-refractivity contribution in [3.05, 3.63) is 39.9 Å². The lowest BCUT2D eigenvalue weighted by Crippen LogP contribution is -2.41. The smallest absolute Gasteiger partial charge is 0.399 e. The highest BCUT2D eigenvalue weighted by Crippen LogP contribution is 2.37. The van der Waals surface area contributed by atoms with Crippen LogP contribution < -0.4 is 11.0 Å². The molecule has 1 N–H and O–H groups in total. The highest BCUT2D eigenvalue weighted by molar-refractivity contribution is 7.98. The molecule has 1 aliphatic rings. The van der Waals surface area contributed by atoms with Crippen LogP contribution in [0.25, 0.3) is 11.3 Å². The van der Waals surface area contributed by atoms with Crippen LogP contribution in [-0.4, -0.2) is 34.5 Å².